The van der Waals surface area contributed by atoms with Gasteiger partial charge in [0.1, 0.15) is 0 Å². The molecule has 0 aliphatic heterocycles. The molecule has 0 bridgehead atoms. The first-order chi connectivity index (χ1) is 8.81. The summed E-state index contributed by atoms with van der Waals surface area (Å²) in [4.78, 5) is 15.5. The highest BCUT2D eigenvalue weighted by Gasteiger charge is 1.99. The quantitative estimate of drug-likeness (QED) is 0.771. The molecule has 18 heavy (non-hydrogen) atoms. The van der Waals surface area contributed by atoms with Crippen molar-refractivity contribution in [3.63, 3.8) is 0 Å². The molecule has 0 spiro atoms. The topological polar surface area (TPSA) is 39.2 Å². The van der Waals surface area contributed by atoms with Crippen molar-refractivity contribution in [2.24, 2.45) is 0 Å². The summed E-state index contributed by atoms with van der Waals surface area (Å²) in [6, 6.07) is 9.86. The lowest BCUT2D eigenvalue weighted by atomic mass is 10.1. The van der Waals surface area contributed by atoms with Crippen LogP contribution in [0.25, 0.3) is 17.0 Å². The molecule has 1 aromatic carbocycles. The Morgan fingerprint density at radius 2 is 2.22 bits per heavy atom. The number of carbonyl (C=O) groups is 1. The molecule has 0 aliphatic rings. The first kappa shape index (κ1) is 12.3. The van der Waals surface area contributed by atoms with Crippen molar-refractivity contribution in [3.8, 4) is 0 Å². The second kappa shape index (κ2) is 5.96. The van der Waals surface area contributed by atoms with Crippen LogP contribution in [0.4, 0.5) is 0 Å². The van der Waals surface area contributed by atoms with Gasteiger partial charge in [-0.3, -0.25) is 9.78 Å². The van der Waals surface area contributed by atoms with Gasteiger partial charge >= 0.3 is 5.97 Å². The van der Waals surface area contributed by atoms with Crippen LogP contribution >= 0.6 is 0 Å². The lowest BCUT2D eigenvalue weighted by Crippen LogP contribution is -2.01. The number of rotatable bonds is 4. The van der Waals surface area contributed by atoms with E-state index in [9.17, 15) is 4.79 Å². The van der Waals surface area contributed by atoms with Crippen LogP contribution in [0, 0.1) is 0 Å². The number of hydrogen-bond acceptors (Lipinski definition) is 3. The minimum absolute atomic E-state index is 0.202. The van der Waals surface area contributed by atoms with Crippen LogP contribution < -0.4 is 0 Å². The smallest absolute Gasteiger partial charge is 0.309 e. The minimum Gasteiger partial charge on any atom is -0.466 e. The van der Waals surface area contributed by atoms with Gasteiger partial charge in [-0.1, -0.05) is 30.4 Å². The molecule has 0 atom stereocenters. The zero-order chi connectivity index (χ0) is 12.8. The van der Waals surface area contributed by atoms with Gasteiger partial charge in [-0.2, -0.15) is 0 Å². The Bertz CT molecular complexity index is 570. The number of pyridine rings is 1. The second-order valence-corrected chi connectivity index (χ2v) is 3.83. The fourth-order valence-electron chi connectivity index (χ4n) is 1.77. The minimum atomic E-state index is -0.202. The Balaban J connectivity index is 2.16. The number of ether oxygens (including phenoxy) is 1. The Hall–Kier alpha value is -2.16. The molecule has 0 fully saturated rings. The molecule has 0 amide bonds. The van der Waals surface area contributed by atoms with E-state index in [4.69, 9.17) is 4.74 Å². The molecular weight excluding hydrogens is 226 g/mol. The van der Waals surface area contributed by atoms with Gasteiger partial charge in [-0.15, -0.1) is 0 Å². The molecule has 0 radical (unpaired) electrons. The number of fused-ring (bicyclic) bond motifs is 1. The third-order valence-electron chi connectivity index (χ3n) is 2.57. The van der Waals surface area contributed by atoms with Gasteiger partial charge in [0.2, 0.25) is 0 Å². The molecule has 2 aromatic rings. The first-order valence-electron chi connectivity index (χ1n) is 5.97. The van der Waals surface area contributed by atoms with E-state index in [0.717, 1.165) is 16.5 Å². The third-order valence-corrected chi connectivity index (χ3v) is 2.57. The maximum absolute atomic E-state index is 11.2. The van der Waals surface area contributed by atoms with E-state index in [1.807, 2.05) is 42.5 Å². The van der Waals surface area contributed by atoms with Crippen molar-refractivity contribution >= 4 is 22.9 Å². The van der Waals surface area contributed by atoms with Gasteiger partial charge in [0.15, 0.2) is 0 Å². The zero-order valence-corrected chi connectivity index (χ0v) is 10.3. The second-order valence-electron chi connectivity index (χ2n) is 3.83. The highest BCUT2D eigenvalue weighted by atomic mass is 16.5. The average molecular weight is 241 g/mol. The summed E-state index contributed by atoms with van der Waals surface area (Å²) in [6.07, 6.45) is 5.82. The van der Waals surface area contributed by atoms with E-state index in [1.165, 1.54) is 0 Å². The summed E-state index contributed by atoms with van der Waals surface area (Å²) in [5, 5.41) is 1.08. The van der Waals surface area contributed by atoms with Crippen molar-refractivity contribution < 1.29 is 9.53 Å². The number of hydrogen-bond donors (Lipinski definition) is 0. The molecular formula is C15H15NO2. The number of aromatic nitrogens is 1. The van der Waals surface area contributed by atoms with Crippen molar-refractivity contribution in [3.05, 3.63) is 48.2 Å². The van der Waals surface area contributed by atoms with Crippen molar-refractivity contribution in [2.75, 3.05) is 6.61 Å². The molecule has 1 aromatic heterocycles. The average Bonchev–Trinajstić information content (AvgIpc) is 2.39. The van der Waals surface area contributed by atoms with Crippen LogP contribution in [0.1, 0.15) is 18.9 Å². The summed E-state index contributed by atoms with van der Waals surface area (Å²) in [5.74, 6) is -0.202. The van der Waals surface area contributed by atoms with Crippen LogP contribution in [-0.2, 0) is 9.53 Å². The fraction of sp³-hybridized carbons (Fsp3) is 0.200. The van der Waals surface area contributed by atoms with Gasteiger partial charge in [-0.25, -0.2) is 0 Å². The fourth-order valence-corrected chi connectivity index (χ4v) is 1.77. The van der Waals surface area contributed by atoms with E-state index in [1.54, 1.807) is 13.1 Å². The van der Waals surface area contributed by atoms with E-state index in [2.05, 4.69) is 4.98 Å². The molecule has 2 rings (SSSR count). The summed E-state index contributed by atoms with van der Waals surface area (Å²) < 4.78 is 4.86. The van der Waals surface area contributed by atoms with Crippen LogP contribution in [0.3, 0.4) is 0 Å². The van der Waals surface area contributed by atoms with E-state index in [-0.39, 0.29) is 5.97 Å². The Morgan fingerprint density at radius 3 is 3.06 bits per heavy atom. The summed E-state index contributed by atoms with van der Waals surface area (Å²) in [5.41, 5.74) is 2.01. The van der Waals surface area contributed by atoms with E-state index in [0.29, 0.717) is 13.0 Å². The first-order valence-corrected chi connectivity index (χ1v) is 5.97. The number of esters is 1. The standard InChI is InChI=1S/C15H15NO2/c1-2-18-15(17)10-4-7-12-6-3-9-14-13(12)8-5-11-16-14/h3-9,11H,2,10H2,1H3. The molecule has 1 heterocycles. The molecule has 92 valence electrons. The molecule has 3 nitrogen and oxygen atoms in total. The zero-order valence-electron chi connectivity index (χ0n) is 10.3. The van der Waals surface area contributed by atoms with Gasteiger partial charge in [0.05, 0.1) is 18.5 Å². The molecule has 0 unspecified atom stereocenters. The Morgan fingerprint density at radius 1 is 1.33 bits per heavy atom. The highest BCUT2D eigenvalue weighted by Crippen LogP contribution is 2.17. The van der Waals surface area contributed by atoms with E-state index >= 15 is 0 Å². The monoisotopic (exact) mass is 241 g/mol. The number of nitrogens with zero attached hydrogens (tertiary/aromatic N) is 1. The molecule has 0 N–H and O–H groups in total. The Kier molecular flexibility index (Phi) is 4.07. The highest BCUT2D eigenvalue weighted by molar-refractivity contribution is 5.88. The predicted octanol–water partition coefficient (Wildman–Crippen LogP) is 3.20. The van der Waals surface area contributed by atoms with Crippen molar-refractivity contribution in [2.45, 2.75) is 13.3 Å². The maximum Gasteiger partial charge on any atom is 0.309 e. The molecule has 3 heteroatoms. The predicted molar refractivity (Wildman–Crippen MR) is 72.0 cm³/mol. The van der Waals surface area contributed by atoms with Gasteiger partial charge in [0, 0.05) is 11.6 Å². The van der Waals surface area contributed by atoms with Crippen molar-refractivity contribution in [1.82, 2.24) is 4.98 Å². The third kappa shape index (κ3) is 2.94. The van der Waals surface area contributed by atoms with Gasteiger partial charge in [0.25, 0.3) is 0 Å². The lowest BCUT2D eigenvalue weighted by Gasteiger charge is -2.01. The maximum atomic E-state index is 11.2. The lowest BCUT2D eigenvalue weighted by molar-refractivity contribution is -0.142. The van der Waals surface area contributed by atoms with Crippen molar-refractivity contribution in [1.29, 1.82) is 0 Å². The summed E-state index contributed by atoms with van der Waals surface area (Å²) in [6.45, 7) is 2.23. The van der Waals surface area contributed by atoms with Gasteiger partial charge in [-0.05, 0) is 24.6 Å². The van der Waals surface area contributed by atoms with Crippen LogP contribution in [0.5, 0.6) is 0 Å². The SMILES string of the molecule is CCOC(=O)CC=Cc1cccc2ncccc12. The molecule has 0 saturated carbocycles. The molecule has 0 aliphatic carbocycles. The normalized spacial score (nSPS) is 10.9. The number of carbonyl (C=O) groups excluding carboxylic acids is 1. The van der Waals surface area contributed by atoms with Gasteiger partial charge < -0.3 is 4.74 Å². The Labute approximate surface area is 106 Å². The largest absolute Gasteiger partial charge is 0.466 e. The van der Waals surface area contributed by atoms with Crippen LogP contribution in [0.2, 0.25) is 0 Å². The van der Waals surface area contributed by atoms with E-state index < -0.39 is 0 Å². The van der Waals surface area contributed by atoms with Crippen LogP contribution in [-0.4, -0.2) is 17.6 Å². The van der Waals surface area contributed by atoms with Crippen LogP contribution in [0.15, 0.2) is 42.6 Å². The summed E-state index contributed by atoms with van der Waals surface area (Å²) in [7, 11) is 0. The summed E-state index contributed by atoms with van der Waals surface area (Å²) >= 11 is 0. The molecule has 0 saturated heterocycles. The number of benzene rings is 1.